The minimum atomic E-state index is -1.07. The minimum Gasteiger partial charge on any atom is -0.488 e. The Balaban J connectivity index is 1.53. The molecule has 0 aromatic heterocycles. The van der Waals surface area contributed by atoms with Gasteiger partial charge in [0.15, 0.2) is 4.32 Å². The maximum absolute atomic E-state index is 13.4. The molecule has 1 aliphatic heterocycles. The number of aromatic carboxylic acids is 1. The van der Waals surface area contributed by atoms with Gasteiger partial charge in [-0.1, -0.05) is 90.7 Å². The summed E-state index contributed by atoms with van der Waals surface area (Å²) in [5.74, 6) is -0.709. The SMILES string of the molecule is O=C(O)c1cccc(N2C(=O)C(=Cc3c(OCc4ccccc4)ccc4ccccc34)SC2=S)c1. The van der Waals surface area contributed by atoms with Crippen molar-refractivity contribution >= 4 is 62.7 Å². The Morgan fingerprint density at radius 2 is 1.74 bits per heavy atom. The van der Waals surface area contributed by atoms with Gasteiger partial charge in [0.1, 0.15) is 12.4 Å². The number of thiocarbonyl (C=S) groups is 1. The van der Waals surface area contributed by atoms with Gasteiger partial charge < -0.3 is 9.84 Å². The molecule has 172 valence electrons. The van der Waals surface area contributed by atoms with E-state index >= 15 is 0 Å². The molecule has 5 rings (SSSR count). The summed E-state index contributed by atoms with van der Waals surface area (Å²) in [6.45, 7) is 0.392. The number of thioether (sulfide) groups is 1. The van der Waals surface area contributed by atoms with E-state index < -0.39 is 5.97 Å². The number of hydrogen-bond donors (Lipinski definition) is 1. The molecule has 0 unspecified atom stereocenters. The van der Waals surface area contributed by atoms with Crippen molar-refractivity contribution in [3.05, 3.63) is 113 Å². The van der Waals surface area contributed by atoms with Crippen LogP contribution in [0.15, 0.2) is 95.9 Å². The molecule has 1 heterocycles. The van der Waals surface area contributed by atoms with Crippen LogP contribution in [-0.4, -0.2) is 21.3 Å². The number of hydrogen-bond acceptors (Lipinski definition) is 5. The maximum Gasteiger partial charge on any atom is 0.335 e. The minimum absolute atomic E-state index is 0.0891. The van der Waals surface area contributed by atoms with Crippen molar-refractivity contribution in [2.45, 2.75) is 6.61 Å². The van der Waals surface area contributed by atoms with Crippen LogP contribution in [0, 0.1) is 0 Å². The van der Waals surface area contributed by atoms with Crippen LogP contribution >= 0.6 is 24.0 Å². The molecule has 1 saturated heterocycles. The Morgan fingerprint density at radius 3 is 2.54 bits per heavy atom. The number of carboxylic acid groups (broad SMARTS) is 1. The highest BCUT2D eigenvalue weighted by Gasteiger charge is 2.34. The summed E-state index contributed by atoms with van der Waals surface area (Å²) in [4.78, 5) is 26.6. The first-order chi connectivity index (χ1) is 17.0. The van der Waals surface area contributed by atoms with E-state index in [4.69, 9.17) is 17.0 Å². The van der Waals surface area contributed by atoms with E-state index in [1.807, 2.05) is 72.8 Å². The number of ether oxygens (including phenoxy) is 1. The standard InChI is InChI=1S/C28H19NO4S2/c30-26-25(35-28(34)29(26)21-11-6-10-20(15-21)27(31)32)16-23-22-12-5-4-9-19(22)13-14-24(23)33-17-18-7-2-1-3-8-18/h1-16H,17H2,(H,31,32). The van der Waals surface area contributed by atoms with Crippen molar-refractivity contribution in [1.29, 1.82) is 0 Å². The molecule has 35 heavy (non-hydrogen) atoms. The molecule has 0 radical (unpaired) electrons. The summed E-state index contributed by atoms with van der Waals surface area (Å²) in [7, 11) is 0. The third kappa shape index (κ3) is 4.69. The summed E-state index contributed by atoms with van der Waals surface area (Å²) in [5.41, 5.74) is 2.34. The number of amides is 1. The van der Waals surface area contributed by atoms with E-state index in [0.717, 1.165) is 21.9 Å². The molecule has 1 fully saturated rings. The number of carbonyl (C=O) groups excluding carboxylic acids is 1. The van der Waals surface area contributed by atoms with Crippen LogP contribution in [0.25, 0.3) is 16.8 Å². The molecule has 1 aliphatic rings. The maximum atomic E-state index is 13.4. The van der Waals surface area contributed by atoms with Gasteiger partial charge in [0, 0.05) is 5.56 Å². The molecule has 4 aromatic rings. The first-order valence-corrected chi connectivity index (χ1v) is 12.0. The van der Waals surface area contributed by atoms with Crippen molar-refractivity contribution in [3.63, 3.8) is 0 Å². The fraction of sp³-hybridized carbons (Fsp3) is 0.0357. The second kappa shape index (κ2) is 9.74. The number of carbonyl (C=O) groups is 2. The lowest BCUT2D eigenvalue weighted by Crippen LogP contribution is -2.27. The first-order valence-electron chi connectivity index (χ1n) is 10.8. The Hall–Kier alpha value is -3.94. The summed E-state index contributed by atoms with van der Waals surface area (Å²) in [6.07, 6.45) is 1.81. The molecule has 1 amide bonds. The molecule has 4 aromatic carbocycles. The smallest absolute Gasteiger partial charge is 0.335 e. The Labute approximate surface area is 211 Å². The fourth-order valence-electron chi connectivity index (χ4n) is 3.89. The van der Waals surface area contributed by atoms with E-state index in [0.29, 0.717) is 27.3 Å². The summed E-state index contributed by atoms with van der Waals surface area (Å²) in [6, 6.07) is 27.9. The van der Waals surface area contributed by atoms with Crippen LogP contribution in [0.1, 0.15) is 21.5 Å². The van der Waals surface area contributed by atoms with Crippen molar-refractivity contribution in [2.75, 3.05) is 4.90 Å². The molecule has 0 bridgehead atoms. The molecular formula is C28H19NO4S2. The van der Waals surface area contributed by atoms with Gasteiger partial charge in [0.05, 0.1) is 16.2 Å². The predicted octanol–water partition coefficient (Wildman–Crippen LogP) is 6.52. The zero-order valence-corrected chi connectivity index (χ0v) is 20.0. The lowest BCUT2D eigenvalue weighted by Gasteiger charge is -2.15. The van der Waals surface area contributed by atoms with Crippen LogP contribution in [0.4, 0.5) is 5.69 Å². The zero-order valence-electron chi connectivity index (χ0n) is 18.4. The Kier molecular flexibility index (Phi) is 6.35. The normalized spacial score (nSPS) is 14.6. The summed E-state index contributed by atoms with van der Waals surface area (Å²) in [5, 5.41) is 11.3. The Morgan fingerprint density at radius 1 is 0.971 bits per heavy atom. The molecular weight excluding hydrogens is 478 g/mol. The van der Waals surface area contributed by atoms with Gasteiger partial charge in [0.2, 0.25) is 0 Å². The highest BCUT2D eigenvalue weighted by atomic mass is 32.2. The van der Waals surface area contributed by atoms with Gasteiger partial charge in [-0.3, -0.25) is 9.69 Å². The predicted molar refractivity (Wildman–Crippen MR) is 144 cm³/mol. The largest absolute Gasteiger partial charge is 0.488 e. The monoisotopic (exact) mass is 497 g/mol. The number of carboxylic acids is 1. The second-order valence-electron chi connectivity index (χ2n) is 7.85. The van der Waals surface area contributed by atoms with Crippen molar-refractivity contribution in [2.24, 2.45) is 0 Å². The summed E-state index contributed by atoms with van der Waals surface area (Å²) < 4.78 is 6.52. The van der Waals surface area contributed by atoms with Crippen LogP contribution < -0.4 is 9.64 Å². The molecule has 1 N–H and O–H groups in total. The molecule has 0 saturated carbocycles. The quantitative estimate of drug-likeness (QED) is 0.242. The van der Waals surface area contributed by atoms with Crippen molar-refractivity contribution in [3.8, 4) is 5.75 Å². The van der Waals surface area contributed by atoms with Gasteiger partial charge in [0.25, 0.3) is 5.91 Å². The van der Waals surface area contributed by atoms with E-state index in [-0.39, 0.29) is 11.5 Å². The number of benzene rings is 4. The zero-order chi connectivity index (χ0) is 24.4. The number of rotatable bonds is 6. The molecule has 5 nitrogen and oxygen atoms in total. The van der Waals surface area contributed by atoms with Gasteiger partial charge in [-0.2, -0.15) is 0 Å². The third-order valence-corrected chi connectivity index (χ3v) is 6.89. The van der Waals surface area contributed by atoms with Gasteiger partial charge >= 0.3 is 5.97 Å². The van der Waals surface area contributed by atoms with Crippen molar-refractivity contribution in [1.82, 2.24) is 0 Å². The van der Waals surface area contributed by atoms with Crippen LogP contribution in [0.2, 0.25) is 0 Å². The van der Waals surface area contributed by atoms with Crippen molar-refractivity contribution < 1.29 is 19.4 Å². The summed E-state index contributed by atoms with van der Waals surface area (Å²) >= 11 is 6.68. The lowest BCUT2D eigenvalue weighted by molar-refractivity contribution is -0.113. The fourth-order valence-corrected chi connectivity index (χ4v) is 5.17. The average Bonchev–Trinajstić information content (AvgIpc) is 3.16. The number of nitrogens with zero attached hydrogens (tertiary/aromatic N) is 1. The molecule has 0 atom stereocenters. The lowest BCUT2D eigenvalue weighted by atomic mass is 10.0. The molecule has 7 heteroatoms. The molecule has 0 aliphatic carbocycles. The van der Waals surface area contributed by atoms with Gasteiger partial charge in [-0.05, 0) is 46.7 Å². The van der Waals surface area contributed by atoms with Gasteiger partial charge in [-0.15, -0.1) is 0 Å². The third-order valence-electron chi connectivity index (χ3n) is 5.59. The van der Waals surface area contributed by atoms with E-state index in [9.17, 15) is 14.7 Å². The van der Waals surface area contributed by atoms with Crippen LogP contribution in [0.3, 0.4) is 0 Å². The highest BCUT2D eigenvalue weighted by molar-refractivity contribution is 8.27. The number of anilines is 1. The Bertz CT molecular complexity index is 1500. The van der Waals surface area contributed by atoms with E-state index in [1.165, 1.54) is 28.8 Å². The van der Waals surface area contributed by atoms with Crippen LogP contribution in [0.5, 0.6) is 5.75 Å². The second-order valence-corrected chi connectivity index (χ2v) is 9.52. The topological polar surface area (TPSA) is 66.8 Å². The number of fused-ring (bicyclic) bond motifs is 1. The average molecular weight is 498 g/mol. The highest BCUT2D eigenvalue weighted by Crippen LogP contribution is 2.39. The van der Waals surface area contributed by atoms with Crippen LogP contribution in [-0.2, 0) is 11.4 Å². The molecule has 0 spiro atoms. The first kappa shape index (κ1) is 22.8. The van der Waals surface area contributed by atoms with E-state index in [2.05, 4.69) is 0 Å². The van der Waals surface area contributed by atoms with Gasteiger partial charge in [-0.25, -0.2) is 4.79 Å². The van der Waals surface area contributed by atoms with E-state index in [1.54, 1.807) is 12.1 Å².